The fourth-order valence-corrected chi connectivity index (χ4v) is 2.07. The van der Waals surface area contributed by atoms with Gasteiger partial charge in [0.25, 0.3) is 0 Å². The van der Waals surface area contributed by atoms with E-state index in [1.54, 1.807) is 17.5 Å². The minimum atomic E-state index is -0.0971. The van der Waals surface area contributed by atoms with Gasteiger partial charge in [-0.05, 0) is 18.2 Å². The summed E-state index contributed by atoms with van der Waals surface area (Å²) in [6, 6.07) is 7.90. The van der Waals surface area contributed by atoms with E-state index >= 15 is 0 Å². The Morgan fingerprint density at radius 2 is 2.27 bits per heavy atom. The van der Waals surface area contributed by atoms with Crippen LogP contribution in [-0.4, -0.2) is 16.7 Å². The maximum atomic E-state index is 8.57. The van der Waals surface area contributed by atoms with Crippen LogP contribution in [0.25, 0.3) is 10.4 Å². The molecule has 2 aromatic rings. The van der Waals surface area contributed by atoms with Crippen LogP contribution in [0.15, 0.2) is 36.7 Å². The molecule has 0 saturated heterocycles. The van der Waals surface area contributed by atoms with Gasteiger partial charge in [0.15, 0.2) is 0 Å². The van der Waals surface area contributed by atoms with E-state index in [4.69, 9.17) is 5.11 Å². The lowest BCUT2D eigenvalue weighted by Gasteiger charge is -1.92. The van der Waals surface area contributed by atoms with Gasteiger partial charge in [-0.3, -0.25) is 4.98 Å². The highest BCUT2D eigenvalue weighted by molar-refractivity contribution is 7.16. The molecule has 0 aliphatic heterocycles. The number of nitrogens with zero attached hydrogens (tertiary/aromatic N) is 1. The van der Waals surface area contributed by atoms with Gasteiger partial charge in [-0.2, -0.15) is 0 Å². The summed E-state index contributed by atoms with van der Waals surface area (Å²) in [6.45, 7) is -0.0971. The van der Waals surface area contributed by atoms with Gasteiger partial charge in [-0.1, -0.05) is 17.9 Å². The zero-order chi connectivity index (χ0) is 10.5. The minimum Gasteiger partial charge on any atom is -0.384 e. The summed E-state index contributed by atoms with van der Waals surface area (Å²) in [4.78, 5) is 6.17. The third kappa shape index (κ3) is 2.44. The molecule has 2 rings (SSSR count). The molecule has 0 unspecified atom stereocenters. The van der Waals surface area contributed by atoms with Crippen molar-refractivity contribution in [1.29, 1.82) is 0 Å². The number of hydrogen-bond acceptors (Lipinski definition) is 3. The SMILES string of the molecule is OCC#Cc1ccc(-c2cccnc2)s1. The van der Waals surface area contributed by atoms with Crippen LogP contribution in [0, 0.1) is 11.8 Å². The highest BCUT2D eigenvalue weighted by atomic mass is 32.1. The highest BCUT2D eigenvalue weighted by Gasteiger charge is 2.00. The molecule has 0 amide bonds. The van der Waals surface area contributed by atoms with Crippen molar-refractivity contribution in [2.24, 2.45) is 0 Å². The smallest absolute Gasteiger partial charge is 0.104 e. The topological polar surface area (TPSA) is 33.1 Å². The summed E-state index contributed by atoms with van der Waals surface area (Å²) in [7, 11) is 0. The molecule has 0 bridgehead atoms. The van der Waals surface area contributed by atoms with Gasteiger partial charge in [-0.15, -0.1) is 11.3 Å². The van der Waals surface area contributed by atoms with Gasteiger partial charge in [0, 0.05) is 22.8 Å². The molecule has 15 heavy (non-hydrogen) atoms. The molecule has 0 aliphatic rings. The number of thiophene rings is 1. The second-order valence-corrected chi connectivity index (χ2v) is 3.95. The van der Waals surface area contributed by atoms with Crippen LogP contribution in [0.3, 0.4) is 0 Å². The van der Waals surface area contributed by atoms with Gasteiger partial charge in [0.2, 0.25) is 0 Å². The normalized spacial score (nSPS) is 9.40. The number of rotatable bonds is 1. The minimum absolute atomic E-state index is 0.0971. The van der Waals surface area contributed by atoms with Crippen LogP contribution >= 0.6 is 11.3 Å². The largest absolute Gasteiger partial charge is 0.384 e. The lowest BCUT2D eigenvalue weighted by atomic mass is 10.2. The zero-order valence-electron chi connectivity index (χ0n) is 7.97. The molecule has 1 N–H and O–H groups in total. The van der Waals surface area contributed by atoms with E-state index in [1.165, 1.54) is 0 Å². The molecule has 0 aromatic carbocycles. The van der Waals surface area contributed by atoms with Crippen molar-refractivity contribution in [3.05, 3.63) is 41.5 Å². The van der Waals surface area contributed by atoms with Crippen molar-refractivity contribution >= 4 is 11.3 Å². The van der Waals surface area contributed by atoms with E-state index in [1.807, 2.05) is 30.5 Å². The van der Waals surface area contributed by atoms with E-state index in [9.17, 15) is 0 Å². The van der Waals surface area contributed by atoms with Crippen molar-refractivity contribution in [2.75, 3.05) is 6.61 Å². The molecule has 0 spiro atoms. The monoisotopic (exact) mass is 215 g/mol. The Morgan fingerprint density at radius 1 is 1.33 bits per heavy atom. The number of pyridine rings is 1. The van der Waals surface area contributed by atoms with Crippen LogP contribution in [0.5, 0.6) is 0 Å². The molecular weight excluding hydrogens is 206 g/mol. The summed E-state index contributed by atoms with van der Waals surface area (Å²) in [5.74, 6) is 5.51. The third-order valence-corrected chi connectivity index (χ3v) is 2.89. The fraction of sp³-hybridized carbons (Fsp3) is 0.0833. The molecule has 0 atom stereocenters. The lowest BCUT2D eigenvalue weighted by molar-refractivity contribution is 0.350. The van der Waals surface area contributed by atoms with Gasteiger partial charge in [0.1, 0.15) is 6.61 Å². The van der Waals surface area contributed by atoms with Crippen LogP contribution in [0.2, 0.25) is 0 Å². The molecule has 2 heterocycles. The predicted molar refractivity (Wildman–Crippen MR) is 61.5 cm³/mol. The van der Waals surface area contributed by atoms with Crippen molar-refractivity contribution in [3.63, 3.8) is 0 Å². The van der Waals surface area contributed by atoms with E-state index < -0.39 is 0 Å². The van der Waals surface area contributed by atoms with E-state index in [-0.39, 0.29) is 6.61 Å². The fourth-order valence-electron chi connectivity index (χ4n) is 1.20. The summed E-state index contributed by atoms with van der Waals surface area (Å²) in [5, 5.41) is 8.57. The van der Waals surface area contributed by atoms with Crippen molar-refractivity contribution in [1.82, 2.24) is 4.98 Å². The summed E-state index contributed by atoms with van der Waals surface area (Å²) in [5.41, 5.74) is 1.10. The first-order chi connectivity index (χ1) is 7.40. The number of aliphatic hydroxyl groups is 1. The third-order valence-electron chi connectivity index (χ3n) is 1.84. The standard InChI is InChI=1S/C12H9NOS/c14-8-2-4-11-5-6-12(15-11)10-3-1-7-13-9-10/h1,3,5-7,9,14H,8H2. The Hall–Kier alpha value is -1.63. The van der Waals surface area contributed by atoms with Gasteiger partial charge in [0.05, 0.1) is 4.88 Å². The molecule has 3 heteroatoms. The van der Waals surface area contributed by atoms with Crippen LogP contribution in [-0.2, 0) is 0 Å². The number of hydrogen-bond donors (Lipinski definition) is 1. The lowest BCUT2D eigenvalue weighted by Crippen LogP contribution is -1.72. The predicted octanol–water partition coefficient (Wildman–Crippen LogP) is 2.15. The number of aliphatic hydroxyl groups excluding tert-OH is 1. The first kappa shape index (κ1) is 9.91. The molecular formula is C12H9NOS. The summed E-state index contributed by atoms with van der Waals surface area (Å²) >= 11 is 1.60. The van der Waals surface area contributed by atoms with Crippen LogP contribution in [0.4, 0.5) is 0 Å². The van der Waals surface area contributed by atoms with Crippen molar-refractivity contribution in [3.8, 4) is 22.3 Å². The maximum absolute atomic E-state index is 8.57. The van der Waals surface area contributed by atoms with E-state index in [0.29, 0.717) is 0 Å². The second kappa shape index (κ2) is 4.74. The summed E-state index contributed by atoms with van der Waals surface area (Å²) in [6.07, 6.45) is 3.58. The average Bonchev–Trinajstić information content (AvgIpc) is 2.76. The van der Waals surface area contributed by atoms with Crippen molar-refractivity contribution < 1.29 is 5.11 Å². The maximum Gasteiger partial charge on any atom is 0.104 e. The van der Waals surface area contributed by atoms with Gasteiger partial charge in [-0.25, -0.2) is 0 Å². The first-order valence-electron chi connectivity index (χ1n) is 4.50. The Kier molecular flexibility index (Phi) is 3.13. The summed E-state index contributed by atoms with van der Waals surface area (Å²) < 4.78 is 0. The van der Waals surface area contributed by atoms with E-state index in [0.717, 1.165) is 15.3 Å². The number of aromatic nitrogens is 1. The molecule has 2 nitrogen and oxygen atoms in total. The van der Waals surface area contributed by atoms with Crippen LogP contribution in [0.1, 0.15) is 4.88 Å². The van der Waals surface area contributed by atoms with Gasteiger partial charge >= 0.3 is 0 Å². The molecule has 0 radical (unpaired) electrons. The highest BCUT2D eigenvalue weighted by Crippen LogP contribution is 2.26. The second-order valence-electron chi connectivity index (χ2n) is 2.87. The quantitative estimate of drug-likeness (QED) is 0.739. The Bertz CT molecular complexity index is 493. The first-order valence-corrected chi connectivity index (χ1v) is 5.32. The average molecular weight is 215 g/mol. The van der Waals surface area contributed by atoms with Crippen LogP contribution < -0.4 is 0 Å². The molecule has 0 fully saturated rings. The molecule has 0 aliphatic carbocycles. The Labute approximate surface area is 92.2 Å². The zero-order valence-corrected chi connectivity index (χ0v) is 8.79. The van der Waals surface area contributed by atoms with Crippen molar-refractivity contribution in [2.45, 2.75) is 0 Å². The molecule has 2 aromatic heterocycles. The Balaban J connectivity index is 2.28. The van der Waals surface area contributed by atoms with E-state index in [2.05, 4.69) is 16.8 Å². The Morgan fingerprint density at radius 3 is 3.00 bits per heavy atom. The van der Waals surface area contributed by atoms with Gasteiger partial charge < -0.3 is 5.11 Å². The molecule has 74 valence electrons. The molecule has 0 saturated carbocycles.